The van der Waals surface area contributed by atoms with Crippen LogP contribution in [0.15, 0.2) is 66.2 Å². The normalized spacial score (nSPS) is 23.2. The number of nitrogens with one attached hydrogen (secondary N) is 1. The van der Waals surface area contributed by atoms with Crippen LogP contribution in [0.3, 0.4) is 0 Å². The Hall–Kier alpha value is -2.55. The lowest BCUT2D eigenvalue weighted by molar-refractivity contribution is -0.114. The van der Waals surface area contributed by atoms with E-state index in [2.05, 4.69) is 23.5 Å². The highest BCUT2D eigenvalue weighted by Gasteiger charge is 2.41. The highest BCUT2D eigenvalue weighted by molar-refractivity contribution is 6.11. The topological polar surface area (TPSA) is 32.3 Å². The number of carbonyl (C=O) groups excluding carboxylic acids is 1. The Morgan fingerprint density at radius 2 is 1.71 bits per heavy atom. The van der Waals surface area contributed by atoms with Crippen molar-refractivity contribution in [2.45, 2.75) is 19.0 Å². The first-order valence-electron chi connectivity index (χ1n) is 7.18. The van der Waals surface area contributed by atoms with E-state index in [4.69, 9.17) is 0 Å². The molecule has 0 aliphatic carbocycles. The molecule has 2 aliphatic heterocycles. The molecular formula is C18H16N2O. The van der Waals surface area contributed by atoms with Gasteiger partial charge in [0.25, 0.3) is 5.91 Å². The zero-order chi connectivity index (χ0) is 14.4. The molecule has 0 spiro atoms. The molecular weight excluding hydrogens is 260 g/mol. The van der Waals surface area contributed by atoms with Gasteiger partial charge in [-0.15, -0.1) is 0 Å². The summed E-state index contributed by atoms with van der Waals surface area (Å²) in [5.41, 5.74) is 3.99. The quantitative estimate of drug-likeness (QED) is 0.864. The SMILES string of the molecule is CC1=C[C@H]2[C@H](c3ccccc3)Nc3ccccc3N2C1=O. The smallest absolute Gasteiger partial charge is 0.254 e. The fraction of sp³-hybridized carbons (Fsp3) is 0.167. The number of amides is 1. The zero-order valence-corrected chi connectivity index (χ0v) is 11.8. The van der Waals surface area contributed by atoms with E-state index in [0.29, 0.717) is 0 Å². The summed E-state index contributed by atoms with van der Waals surface area (Å²) in [7, 11) is 0. The van der Waals surface area contributed by atoms with Gasteiger partial charge in [-0.1, -0.05) is 48.5 Å². The molecule has 3 nitrogen and oxygen atoms in total. The van der Waals surface area contributed by atoms with Crippen LogP contribution in [0.2, 0.25) is 0 Å². The number of benzene rings is 2. The molecule has 0 fully saturated rings. The van der Waals surface area contributed by atoms with Crippen molar-refractivity contribution in [3.8, 4) is 0 Å². The lowest BCUT2D eigenvalue weighted by atomic mass is 9.95. The summed E-state index contributed by atoms with van der Waals surface area (Å²) in [6, 6.07) is 18.4. The third-order valence-electron chi connectivity index (χ3n) is 4.25. The molecule has 2 atom stereocenters. The second-order valence-electron chi connectivity index (χ2n) is 5.57. The first-order chi connectivity index (χ1) is 10.3. The van der Waals surface area contributed by atoms with E-state index >= 15 is 0 Å². The summed E-state index contributed by atoms with van der Waals surface area (Å²) in [4.78, 5) is 14.4. The summed E-state index contributed by atoms with van der Waals surface area (Å²) in [5, 5.41) is 3.59. The molecule has 0 bridgehead atoms. The Morgan fingerprint density at radius 1 is 1.00 bits per heavy atom. The van der Waals surface area contributed by atoms with Gasteiger partial charge in [0.15, 0.2) is 0 Å². The monoisotopic (exact) mass is 276 g/mol. The molecule has 104 valence electrons. The Labute approximate surface area is 123 Å². The minimum atomic E-state index is 0.0369. The summed E-state index contributed by atoms with van der Waals surface area (Å²) in [5.74, 6) is 0.106. The fourth-order valence-corrected chi connectivity index (χ4v) is 3.24. The summed E-state index contributed by atoms with van der Waals surface area (Å²) in [6.45, 7) is 1.89. The van der Waals surface area contributed by atoms with Crippen LogP contribution in [0, 0.1) is 0 Å². The van der Waals surface area contributed by atoms with Gasteiger partial charge in [-0.05, 0) is 24.6 Å². The molecule has 0 saturated carbocycles. The van der Waals surface area contributed by atoms with Gasteiger partial charge >= 0.3 is 0 Å². The van der Waals surface area contributed by atoms with Crippen LogP contribution in [0.5, 0.6) is 0 Å². The Balaban J connectivity index is 1.86. The molecule has 2 aromatic rings. The minimum Gasteiger partial charge on any atom is -0.374 e. The van der Waals surface area contributed by atoms with Crippen molar-refractivity contribution >= 4 is 17.3 Å². The third-order valence-corrected chi connectivity index (χ3v) is 4.25. The maximum absolute atomic E-state index is 12.5. The standard InChI is InChI=1S/C18H16N2O/c1-12-11-16-17(13-7-3-2-4-8-13)19-14-9-5-6-10-15(14)20(16)18(12)21/h2-11,16-17,19H,1H3/t16-,17-/m0/s1. The number of carbonyl (C=O) groups is 1. The van der Waals surface area contributed by atoms with Crippen molar-refractivity contribution in [1.29, 1.82) is 0 Å². The summed E-state index contributed by atoms with van der Waals surface area (Å²) in [6.07, 6.45) is 2.07. The van der Waals surface area contributed by atoms with E-state index < -0.39 is 0 Å². The minimum absolute atomic E-state index is 0.0369. The van der Waals surface area contributed by atoms with Crippen molar-refractivity contribution in [2.75, 3.05) is 10.2 Å². The predicted molar refractivity (Wildman–Crippen MR) is 84.3 cm³/mol. The maximum Gasteiger partial charge on any atom is 0.254 e. The number of nitrogens with zero attached hydrogens (tertiary/aromatic N) is 1. The largest absolute Gasteiger partial charge is 0.374 e. The number of hydrogen-bond donors (Lipinski definition) is 1. The van der Waals surface area contributed by atoms with Gasteiger partial charge in [0.1, 0.15) is 0 Å². The molecule has 1 N–H and O–H groups in total. The van der Waals surface area contributed by atoms with Gasteiger partial charge in [-0.3, -0.25) is 9.69 Å². The molecule has 2 heterocycles. The molecule has 0 unspecified atom stereocenters. The van der Waals surface area contributed by atoms with Crippen LogP contribution in [-0.4, -0.2) is 11.9 Å². The number of para-hydroxylation sites is 2. The van der Waals surface area contributed by atoms with Crippen LogP contribution in [0.25, 0.3) is 0 Å². The van der Waals surface area contributed by atoms with Crippen LogP contribution in [-0.2, 0) is 4.79 Å². The van der Waals surface area contributed by atoms with Crippen LogP contribution < -0.4 is 10.2 Å². The van der Waals surface area contributed by atoms with E-state index in [1.807, 2.05) is 54.3 Å². The van der Waals surface area contributed by atoms with Gasteiger partial charge in [-0.25, -0.2) is 0 Å². The highest BCUT2D eigenvalue weighted by atomic mass is 16.2. The van der Waals surface area contributed by atoms with E-state index in [1.165, 1.54) is 5.56 Å². The summed E-state index contributed by atoms with van der Waals surface area (Å²) >= 11 is 0. The lowest BCUT2D eigenvalue weighted by Gasteiger charge is -2.39. The molecule has 4 rings (SSSR count). The van der Waals surface area contributed by atoms with Gasteiger partial charge < -0.3 is 5.32 Å². The first-order valence-corrected chi connectivity index (χ1v) is 7.18. The fourth-order valence-electron chi connectivity index (χ4n) is 3.24. The second kappa shape index (κ2) is 4.48. The van der Waals surface area contributed by atoms with Gasteiger partial charge in [-0.2, -0.15) is 0 Å². The van der Waals surface area contributed by atoms with Crippen molar-refractivity contribution in [2.24, 2.45) is 0 Å². The Bertz CT molecular complexity index is 736. The average molecular weight is 276 g/mol. The molecule has 1 amide bonds. The number of hydrogen-bond acceptors (Lipinski definition) is 2. The van der Waals surface area contributed by atoms with E-state index in [9.17, 15) is 4.79 Å². The highest BCUT2D eigenvalue weighted by Crippen LogP contribution is 2.43. The Morgan fingerprint density at radius 3 is 2.52 bits per heavy atom. The summed E-state index contributed by atoms with van der Waals surface area (Å²) < 4.78 is 0. The molecule has 3 heteroatoms. The van der Waals surface area contributed by atoms with E-state index in [1.54, 1.807) is 0 Å². The zero-order valence-electron chi connectivity index (χ0n) is 11.8. The van der Waals surface area contributed by atoms with Crippen molar-refractivity contribution in [1.82, 2.24) is 0 Å². The van der Waals surface area contributed by atoms with E-state index in [-0.39, 0.29) is 18.0 Å². The van der Waals surface area contributed by atoms with Crippen molar-refractivity contribution < 1.29 is 4.79 Å². The average Bonchev–Trinajstić information content (AvgIpc) is 2.83. The van der Waals surface area contributed by atoms with Gasteiger partial charge in [0.2, 0.25) is 0 Å². The second-order valence-corrected chi connectivity index (χ2v) is 5.57. The number of rotatable bonds is 1. The van der Waals surface area contributed by atoms with Gasteiger partial charge in [0.05, 0.1) is 23.5 Å². The lowest BCUT2D eigenvalue weighted by Crippen LogP contribution is -2.44. The van der Waals surface area contributed by atoms with Crippen LogP contribution >= 0.6 is 0 Å². The van der Waals surface area contributed by atoms with Crippen molar-refractivity contribution in [3.63, 3.8) is 0 Å². The number of anilines is 2. The maximum atomic E-state index is 12.5. The molecule has 2 aromatic carbocycles. The van der Waals surface area contributed by atoms with Crippen LogP contribution in [0.1, 0.15) is 18.5 Å². The molecule has 0 radical (unpaired) electrons. The number of fused-ring (bicyclic) bond motifs is 3. The van der Waals surface area contributed by atoms with E-state index in [0.717, 1.165) is 16.9 Å². The van der Waals surface area contributed by atoms with Crippen LogP contribution in [0.4, 0.5) is 11.4 Å². The third kappa shape index (κ3) is 1.77. The van der Waals surface area contributed by atoms with Crippen molar-refractivity contribution in [3.05, 3.63) is 71.8 Å². The molecule has 21 heavy (non-hydrogen) atoms. The predicted octanol–water partition coefficient (Wildman–Crippen LogP) is 3.51. The Kier molecular flexibility index (Phi) is 2.61. The molecule has 2 aliphatic rings. The first kappa shape index (κ1) is 12.2. The van der Waals surface area contributed by atoms with Gasteiger partial charge in [0, 0.05) is 5.57 Å². The molecule has 0 saturated heterocycles. The molecule has 0 aromatic heterocycles.